The highest BCUT2D eigenvalue weighted by molar-refractivity contribution is 5.74. The van der Waals surface area contributed by atoms with Crippen LogP contribution in [0.15, 0.2) is 12.7 Å². The summed E-state index contributed by atoms with van der Waals surface area (Å²) in [4.78, 5) is 13.2. The van der Waals surface area contributed by atoms with Gasteiger partial charge in [-0.3, -0.25) is 0 Å². The fourth-order valence-electron chi connectivity index (χ4n) is 1.46. The van der Waals surface area contributed by atoms with Crippen LogP contribution in [-0.4, -0.2) is 41.3 Å². The van der Waals surface area contributed by atoms with Crippen molar-refractivity contribution in [2.24, 2.45) is 0 Å². The van der Waals surface area contributed by atoms with Gasteiger partial charge in [-0.25, -0.2) is 4.79 Å². The van der Waals surface area contributed by atoms with Gasteiger partial charge in [-0.15, -0.1) is 6.58 Å². The molecule has 0 spiro atoms. The first-order valence-electron chi connectivity index (χ1n) is 4.91. The van der Waals surface area contributed by atoms with E-state index in [1.807, 2.05) is 6.92 Å². The lowest BCUT2D eigenvalue weighted by Crippen LogP contribution is -2.48. The van der Waals surface area contributed by atoms with Gasteiger partial charge in [-0.2, -0.15) is 0 Å². The number of nitrogens with one attached hydrogen (secondary N) is 1. The van der Waals surface area contributed by atoms with Gasteiger partial charge in [0.2, 0.25) is 0 Å². The summed E-state index contributed by atoms with van der Waals surface area (Å²) < 4.78 is 0. The van der Waals surface area contributed by atoms with E-state index in [0.29, 0.717) is 32.5 Å². The zero-order valence-electron chi connectivity index (χ0n) is 8.62. The minimum atomic E-state index is -0.602. The molecule has 0 aliphatic carbocycles. The smallest absolute Gasteiger partial charge is 0.317 e. The number of hydrogen-bond acceptors (Lipinski definition) is 2. The standard InChI is InChI=1S/C10H18N2O2/c1-3-6-11-9(13)12-7-4-10(2,14)5-8-12/h3,14H,1,4-8H2,2H3,(H,11,13). The minimum Gasteiger partial charge on any atom is -0.390 e. The summed E-state index contributed by atoms with van der Waals surface area (Å²) in [5, 5.41) is 12.4. The predicted octanol–water partition coefficient (Wildman–Crippen LogP) is 0.729. The Morgan fingerprint density at radius 2 is 2.21 bits per heavy atom. The van der Waals surface area contributed by atoms with E-state index in [1.165, 1.54) is 0 Å². The second-order valence-corrected chi connectivity index (χ2v) is 3.96. The Bertz CT molecular complexity index is 216. The van der Waals surface area contributed by atoms with E-state index in [-0.39, 0.29) is 6.03 Å². The van der Waals surface area contributed by atoms with Gasteiger partial charge in [0.05, 0.1) is 5.60 Å². The first-order valence-corrected chi connectivity index (χ1v) is 4.91. The number of nitrogens with zero attached hydrogens (tertiary/aromatic N) is 1. The number of rotatable bonds is 2. The number of carbonyl (C=O) groups excluding carboxylic acids is 1. The third-order valence-corrected chi connectivity index (χ3v) is 2.53. The Morgan fingerprint density at radius 3 is 2.71 bits per heavy atom. The molecular formula is C10H18N2O2. The summed E-state index contributed by atoms with van der Waals surface area (Å²) in [5.41, 5.74) is -0.602. The monoisotopic (exact) mass is 198 g/mol. The zero-order chi connectivity index (χ0) is 10.6. The first kappa shape index (κ1) is 11.0. The molecule has 4 heteroatoms. The molecule has 1 saturated heterocycles. The van der Waals surface area contributed by atoms with Crippen molar-refractivity contribution in [2.45, 2.75) is 25.4 Å². The zero-order valence-corrected chi connectivity index (χ0v) is 8.62. The summed E-state index contributed by atoms with van der Waals surface area (Å²) >= 11 is 0. The molecule has 80 valence electrons. The molecule has 2 N–H and O–H groups in total. The van der Waals surface area contributed by atoms with Crippen molar-refractivity contribution in [3.05, 3.63) is 12.7 Å². The quantitative estimate of drug-likeness (QED) is 0.643. The molecule has 0 radical (unpaired) electrons. The highest BCUT2D eigenvalue weighted by Gasteiger charge is 2.29. The van der Waals surface area contributed by atoms with E-state index in [4.69, 9.17) is 0 Å². The topological polar surface area (TPSA) is 52.6 Å². The summed E-state index contributed by atoms with van der Waals surface area (Å²) in [6.07, 6.45) is 2.95. The number of amides is 2. The van der Waals surface area contributed by atoms with E-state index in [9.17, 15) is 9.90 Å². The van der Waals surface area contributed by atoms with Crippen molar-refractivity contribution in [1.82, 2.24) is 10.2 Å². The Kier molecular flexibility index (Phi) is 3.52. The molecule has 0 saturated carbocycles. The second kappa shape index (κ2) is 4.46. The highest BCUT2D eigenvalue weighted by Crippen LogP contribution is 2.20. The number of hydrogen-bond donors (Lipinski definition) is 2. The number of aliphatic hydroxyl groups is 1. The Hall–Kier alpha value is -1.03. The Balaban J connectivity index is 2.34. The molecule has 1 rings (SSSR count). The fraction of sp³-hybridized carbons (Fsp3) is 0.700. The largest absolute Gasteiger partial charge is 0.390 e. The van der Waals surface area contributed by atoms with Gasteiger partial charge >= 0.3 is 6.03 Å². The van der Waals surface area contributed by atoms with Gasteiger partial charge in [-0.1, -0.05) is 6.08 Å². The van der Waals surface area contributed by atoms with Crippen LogP contribution in [0.1, 0.15) is 19.8 Å². The van der Waals surface area contributed by atoms with Crippen LogP contribution < -0.4 is 5.32 Å². The third-order valence-electron chi connectivity index (χ3n) is 2.53. The molecule has 0 aromatic heterocycles. The van der Waals surface area contributed by atoms with E-state index in [2.05, 4.69) is 11.9 Å². The molecule has 0 bridgehead atoms. The van der Waals surface area contributed by atoms with Crippen LogP contribution >= 0.6 is 0 Å². The summed E-state index contributed by atoms with van der Waals surface area (Å²) in [6.45, 7) is 7.07. The SMILES string of the molecule is C=CCNC(=O)N1CCC(C)(O)CC1. The van der Waals surface area contributed by atoms with Crippen molar-refractivity contribution in [3.8, 4) is 0 Å². The van der Waals surface area contributed by atoms with Crippen LogP contribution in [0.25, 0.3) is 0 Å². The molecule has 2 amide bonds. The van der Waals surface area contributed by atoms with Gasteiger partial charge in [0.25, 0.3) is 0 Å². The third kappa shape index (κ3) is 3.03. The van der Waals surface area contributed by atoms with Crippen LogP contribution in [0.2, 0.25) is 0 Å². The van der Waals surface area contributed by atoms with Gasteiger partial charge in [0.15, 0.2) is 0 Å². The highest BCUT2D eigenvalue weighted by atomic mass is 16.3. The van der Waals surface area contributed by atoms with Crippen molar-refractivity contribution in [2.75, 3.05) is 19.6 Å². The lowest BCUT2D eigenvalue weighted by atomic mass is 9.94. The molecule has 4 nitrogen and oxygen atoms in total. The summed E-state index contributed by atoms with van der Waals surface area (Å²) in [7, 11) is 0. The lowest BCUT2D eigenvalue weighted by Gasteiger charge is -2.35. The van der Waals surface area contributed by atoms with Gasteiger partial charge in [0.1, 0.15) is 0 Å². The number of carbonyl (C=O) groups is 1. The van der Waals surface area contributed by atoms with E-state index >= 15 is 0 Å². The van der Waals surface area contributed by atoms with Crippen LogP contribution in [-0.2, 0) is 0 Å². The molecule has 0 unspecified atom stereocenters. The fourth-order valence-corrected chi connectivity index (χ4v) is 1.46. The second-order valence-electron chi connectivity index (χ2n) is 3.96. The molecule has 0 atom stereocenters. The van der Waals surface area contributed by atoms with Crippen LogP contribution in [0.4, 0.5) is 4.79 Å². The van der Waals surface area contributed by atoms with Gasteiger partial charge < -0.3 is 15.3 Å². The molecule has 1 aliphatic heterocycles. The average Bonchev–Trinajstić information content (AvgIpc) is 2.14. The van der Waals surface area contributed by atoms with Crippen molar-refractivity contribution in [1.29, 1.82) is 0 Å². The number of likely N-dealkylation sites (tertiary alicyclic amines) is 1. The van der Waals surface area contributed by atoms with Gasteiger partial charge in [0, 0.05) is 19.6 Å². The van der Waals surface area contributed by atoms with Crippen molar-refractivity contribution >= 4 is 6.03 Å². The van der Waals surface area contributed by atoms with Crippen molar-refractivity contribution in [3.63, 3.8) is 0 Å². The average molecular weight is 198 g/mol. The Labute approximate surface area is 84.6 Å². The van der Waals surface area contributed by atoms with E-state index in [1.54, 1.807) is 11.0 Å². The maximum absolute atomic E-state index is 11.5. The molecule has 1 fully saturated rings. The minimum absolute atomic E-state index is 0.0691. The number of piperidine rings is 1. The van der Waals surface area contributed by atoms with E-state index < -0.39 is 5.60 Å². The summed E-state index contributed by atoms with van der Waals surface area (Å²) in [5.74, 6) is 0. The maximum atomic E-state index is 11.5. The summed E-state index contributed by atoms with van der Waals surface area (Å²) in [6, 6.07) is -0.0691. The predicted molar refractivity (Wildman–Crippen MR) is 55.0 cm³/mol. The van der Waals surface area contributed by atoms with Crippen LogP contribution in [0, 0.1) is 0 Å². The molecule has 1 heterocycles. The Morgan fingerprint density at radius 1 is 1.64 bits per heavy atom. The lowest BCUT2D eigenvalue weighted by molar-refractivity contribution is 0.00449. The number of urea groups is 1. The maximum Gasteiger partial charge on any atom is 0.317 e. The van der Waals surface area contributed by atoms with E-state index in [0.717, 1.165) is 0 Å². The van der Waals surface area contributed by atoms with Crippen LogP contribution in [0.5, 0.6) is 0 Å². The molecular weight excluding hydrogens is 180 g/mol. The van der Waals surface area contributed by atoms with Gasteiger partial charge in [-0.05, 0) is 19.8 Å². The first-order chi connectivity index (χ1) is 6.55. The molecule has 1 aliphatic rings. The van der Waals surface area contributed by atoms with Crippen molar-refractivity contribution < 1.29 is 9.90 Å². The van der Waals surface area contributed by atoms with Crippen LogP contribution in [0.3, 0.4) is 0 Å². The molecule has 0 aromatic rings. The molecule has 0 aromatic carbocycles. The normalized spacial score (nSPS) is 20.3. The molecule has 14 heavy (non-hydrogen) atoms.